The summed E-state index contributed by atoms with van der Waals surface area (Å²) < 4.78 is 44.4. The van der Waals surface area contributed by atoms with Gasteiger partial charge in [-0.1, -0.05) is 23.7 Å². The van der Waals surface area contributed by atoms with Gasteiger partial charge >= 0.3 is 18.2 Å². The SMILES string of the molecule is COC(=O)C(O)(c1cc(C)c(NC(=O)Nc2ccc(Cl)cc2)c(C)c1)C(F)(F)F. The molecule has 2 rings (SSSR count). The molecular weight excluding hydrogens is 413 g/mol. The zero-order valence-corrected chi connectivity index (χ0v) is 16.4. The fourth-order valence-electron chi connectivity index (χ4n) is 2.72. The lowest BCUT2D eigenvalue weighted by Crippen LogP contribution is -2.50. The number of anilines is 2. The van der Waals surface area contributed by atoms with E-state index in [1.807, 2.05) is 0 Å². The molecule has 156 valence electrons. The number of carbonyl (C=O) groups is 2. The number of aliphatic hydroxyl groups is 1. The fraction of sp³-hybridized carbons (Fsp3) is 0.263. The summed E-state index contributed by atoms with van der Waals surface area (Å²) in [6.45, 7) is 2.87. The van der Waals surface area contributed by atoms with Gasteiger partial charge in [0.1, 0.15) is 0 Å². The quantitative estimate of drug-likeness (QED) is 0.622. The van der Waals surface area contributed by atoms with Gasteiger partial charge in [0.05, 0.1) is 7.11 Å². The van der Waals surface area contributed by atoms with Crippen LogP contribution in [0.25, 0.3) is 0 Å². The molecule has 2 amide bonds. The molecule has 1 unspecified atom stereocenters. The van der Waals surface area contributed by atoms with Crippen LogP contribution in [0, 0.1) is 13.8 Å². The lowest BCUT2D eigenvalue weighted by Gasteiger charge is -2.29. The Balaban J connectivity index is 2.34. The molecule has 2 aromatic carbocycles. The number of urea groups is 1. The van der Waals surface area contributed by atoms with E-state index in [1.165, 1.54) is 13.8 Å². The number of benzene rings is 2. The first-order chi connectivity index (χ1) is 13.4. The second-order valence-electron chi connectivity index (χ2n) is 6.27. The molecule has 0 heterocycles. The highest BCUT2D eigenvalue weighted by atomic mass is 35.5. The van der Waals surface area contributed by atoms with Crippen LogP contribution in [0.2, 0.25) is 5.02 Å². The van der Waals surface area contributed by atoms with Crippen molar-refractivity contribution in [2.45, 2.75) is 25.6 Å². The number of aryl methyl sites for hydroxylation is 2. The minimum Gasteiger partial charge on any atom is -0.466 e. The molecule has 0 bridgehead atoms. The number of ether oxygens (including phenoxy) is 1. The van der Waals surface area contributed by atoms with E-state index in [4.69, 9.17) is 11.6 Å². The fourth-order valence-corrected chi connectivity index (χ4v) is 2.85. The van der Waals surface area contributed by atoms with Crippen molar-refractivity contribution in [2.24, 2.45) is 0 Å². The van der Waals surface area contributed by atoms with Crippen LogP contribution in [0.3, 0.4) is 0 Å². The van der Waals surface area contributed by atoms with Crippen LogP contribution in [0.4, 0.5) is 29.3 Å². The molecule has 0 aliphatic carbocycles. The third-order valence-electron chi connectivity index (χ3n) is 4.18. The van der Waals surface area contributed by atoms with E-state index in [-0.39, 0.29) is 16.8 Å². The Labute approximate surface area is 169 Å². The van der Waals surface area contributed by atoms with Crippen molar-refractivity contribution >= 4 is 35.0 Å². The van der Waals surface area contributed by atoms with Crippen LogP contribution in [0.15, 0.2) is 36.4 Å². The van der Waals surface area contributed by atoms with Crippen LogP contribution < -0.4 is 10.6 Å². The maximum Gasteiger partial charge on any atom is 0.432 e. The van der Waals surface area contributed by atoms with Gasteiger partial charge < -0.3 is 20.5 Å². The Morgan fingerprint density at radius 3 is 2.00 bits per heavy atom. The average Bonchev–Trinajstić information content (AvgIpc) is 2.64. The lowest BCUT2D eigenvalue weighted by atomic mass is 9.89. The van der Waals surface area contributed by atoms with Gasteiger partial charge in [0.15, 0.2) is 0 Å². The third kappa shape index (κ3) is 4.63. The summed E-state index contributed by atoms with van der Waals surface area (Å²) in [4.78, 5) is 23.9. The van der Waals surface area contributed by atoms with E-state index < -0.39 is 29.3 Å². The number of carbonyl (C=O) groups excluding carboxylic acids is 2. The van der Waals surface area contributed by atoms with E-state index in [2.05, 4.69) is 15.4 Å². The number of halogens is 4. The summed E-state index contributed by atoms with van der Waals surface area (Å²) in [5, 5.41) is 15.7. The second kappa shape index (κ2) is 8.30. The molecular formula is C19H18ClF3N2O4. The van der Waals surface area contributed by atoms with Gasteiger partial charge in [0.25, 0.3) is 5.60 Å². The van der Waals surface area contributed by atoms with Gasteiger partial charge in [-0.25, -0.2) is 9.59 Å². The van der Waals surface area contributed by atoms with Crippen LogP contribution >= 0.6 is 11.6 Å². The van der Waals surface area contributed by atoms with Crippen molar-refractivity contribution in [3.63, 3.8) is 0 Å². The summed E-state index contributed by atoms with van der Waals surface area (Å²) >= 11 is 5.77. The van der Waals surface area contributed by atoms with E-state index in [9.17, 15) is 27.9 Å². The smallest absolute Gasteiger partial charge is 0.432 e. The zero-order chi connectivity index (χ0) is 22.0. The van der Waals surface area contributed by atoms with Gasteiger partial charge in [0, 0.05) is 22.0 Å². The molecule has 0 spiro atoms. The zero-order valence-electron chi connectivity index (χ0n) is 15.6. The third-order valence-corrected chi connectivity index (χ3v) is 4.43. The highest BCUT2D eigenvalue weighted by Gasteiger charge is 2.62. The first-order valence-corrected chi connectivity index (χ1v) is 8.60. The number of rotatable bonds is 4. The van der Waals surface area contributed by atoms with E-state index in [0.29, 0.717) is 10.7 Å². The Bertz CT molecular complexity index is 909. The number of esters is 1. The molecule has 29 heavy (non-hydrogen) atoms. The van der Waals surface area contributed by atoms with Crippen molar-refractivity contribution in [2.75, 3.05) is 17.7 Å². The Hall–Kier alpha value is -2.78. The van der Waals surface area contributed by atoms with Gasteiger partial charge in [-0.3, -0.25) is 0 Å². The number of hydrogen-bond acceptors (Lipinski definition) is 4. The van der Waals surface area contributed by atoms with Crippen molar-refractivity contribution < 1.29 is 32.6 Å². The van der Waals surface area contributed by atoms with Gasteiger partial charge in [-0.15, -0.1) is 0 Å². The summed E-state index contributed by atoms with van der Waals surface area (Å²) in [6, 6.07) is 7.60. The molecule has 0 fully saturated rings. The highest BCUT2D eigenvalue weighted by Crippen LogP contribution is 2.41. The maximum atomic E-state index is 13.4. The van der Waals surface area contributed by atoms with Crippen molar-refractivity contribution in [1.29, 1.82) is 0 Å². The largest absolute Gasteiger partial charge is 0.466 e. The first kappa shape index (κ1) is 22.5. The molecule has 10 heteroatoms. The predicted octanol–water partition coefficient (Wildman–Crippen LogP) is 4.52. The van der Waals surface area contributed by atoms with E-state index in [1.54, 1.807) is 24.3 Å². The normalized spacial score (nSPS) is 13.4. The standard InChI is InChI=1S/C19H18ClF3N2O4/c1-10-8-12(18(28,16(26)29-3)19(21,22)23)9-11(2)15(10)25-17(27)24-14-6-4-13(20)5-7-14/h4-9,28H,1-3H3,(H2,24,25,27). The van der Waals surface area contributed by atoms with Gasteiger partial charge in [0.2, 0.25) is 0 Å². The van der Waals surface area contributed by atoms with Gasteiger partial charge in [-0.2, -0.15) is 13.2 Å². The van der Waals surface area contributed by atoms with E-state index in [0.717, 1.165) is 19.2 Å². The molecule has 1 atom stereocenters. The average molecular weight is 431 g/mol. The first-order valence-electron chi connectivity index (χ1n) is 8.23. The van der Waals surface area contributed by atoms with E-state index >= 15 is 0 Å². The molecule has 3 N–H and O–H groups in total. The topological polar surface area (TPSA) is 87.7 Å². The summed E-state index contributed by atoms with van der Waals surface area (Å²) in [6.07, 6.45) is -5.31. The molecule has 2 aromatic rings. The second-order valence-corrected chi connectivity index (χ2v) is 6.71. The van der Waals surface area contributed by atoms with Crippen molar-refractivity contribution in [3.8, 4) is 0 Å². The molecule has 0 saturated heterocycles. The summed E-state index contributed by atoms with van der Waals surface area (Å²) in [7, 11) is 0.746. The van der Waals surface area contributed by atoms with Crippen LogP contribution in [-0.4, -0.2) is 30.4 Å². The molecule has 0 aromatic heterocycles. The number of methoxy groups -OCH3 is 1. The minimum atomic E-state index is -5.31. The Morgan fingerprint density at radius 2 is 1.55 bits per heavy atom. The molecule has 0 aliphatic rings. The Kier molecular flexibility index (Phi) is 6.44. The molecule has 0 radical (unpaired) electrons. The van der Waals surface area contributed by atoms with Crippen molar-refractivity contribution in [3.05, 3.63) is 58.1 Å². The minimum absolute atomic E-state index is 0.206. The monoisotopic (exact) mass is 430 g/mol. The molecule has 6 nitrogen and oxygen atoms in total. The number of amides is 2. The highest BCUT2D eigenvalue weighted by molar-refractivity contribution is 6.30. The summed E-state index contributed by atoms with van der Waals surface area (Å²) in [5.74, 6) is -1.86. The lowest BCUT2D eigenvalue weighted by molar-refractivity contribution is -0.266. The maximum absolute atomic E-state index is 13.4. The number of hydrogen-bond donors (Lipinski definition) is 3. The summed E-state index contributed by atoms with van der Waals surface area (Å²) in [5.41, 5.74) is -3.45. The van der Waals surface area contributed by atoms with Crippen LogP contribution in [0.5, 0.6) is 0 Å². The Morgan fingerprint density at radius 1 is 1.03 bits per heavy atom. The predicted molar refractivity (Wildman–Crippen MR) is 102 cm³/mol. The number of nitrogens with one attached hydrogen (secondary N) is 2. The van der Waals surface area contributed by atoms with Crippen molar-refractivity contribution in [1.82, 2.24) is 0 Å². The number of alkyl halides is 3. The van der Waals surface area contributed by atoms with Gasteiger partial charge in [-0.05, 0) is 49.2 Å². The van der Waals surface area contributed by atoms with Crippen LogP contribution in [0.1, 0.15) is 16.7 Å². The van der Waals surface area contributed by atoms with Crippen LogP contribution in [-0.2, 0) is 15.1 Å². The molecule has 0 saturated carbocycles. The molecule has 0 aliphatic heterocycles.